The lowest BCUT2D eigenvalue weighted by atomic mass is 10.00. The normalized spacial score (nSPS) is 34.0. The lowest BCUT2D eigenvalue weighted by Crippen LogP contribution is -2.58. The van der Waals surface area contributed by atoms with E-state index < -0.39 is 78.3 Å². The molecule has 14 heteroatoms. The first-order valence-corrected chi connectivity index (χ1v) is 12.7. The molecule has 2 aliphatic rings. The molecule has 3 heterocycles. The molecule has 0 bridgehead atoms. The van der Waals surface area contributed by atoms with Crippen molar-refractivity contribution >= 4 is 11.0 Å². The highest BCUT2D eigenvalue weighted by Crippen LogP contribution is 2.38. The summed E-state index contributed by atoms with van der Waals surface area (Å²) in [5.74, 6) is -1.55. The monoisotopic (exact) mass is 578 g/mol. The van der Waals surface area contributed by atoms with Gasteiger partial charge in [0.15, 0.2) is 5.76 Å². The maximum atomic E-state index is 13.7. The topological polar surface area (TPSA) is 229 Å². The molecule has 222 valence electrons. The third-order valence-corrected chi connectivity index (χ3v) is 7.14. The molecule has 41 heavy (non-hydrogen) atoms. The molecule has 2 saturated heterocycles. The smallest absolute Gasteiger partial charge is 0.239 e. The van der Waals surface area contributed by atoms with Gasteiger partial charge in [0.05, 0.1) is 12.2 Å². The SMILES string of the molecule is C[C@@H]1O[C@@H](Oc2cc(O)c3c(=O)c(O[C@@H]4O[C@H](C)[C@H](O)[C@H](O)[C@@H]4O)c(-c4ccc(O)cc4)oc3c2)[C@@H](O)[C@H](O)[C@H]1O. The van der Waals surface area contributed by atoms with Crippen LogP contribution in [0.1, 0.15) is 13.8 Å². The Balaban J connectivity index is 1.58. The second-order valence-corrected chi connectivity index (χ2v) is 10.1. The Bertz CT molecular complexity index is 1460. The average molecular weight is 579 g/mol. The second kappa shape index (κ2) is 11.1. The number of fused-ring (bicyclic) bond motifs is 1. The van der Waals surface area contributed by atoms with Crippen molar-refractivity contribution in [1.82, 2.24) is 0 Å². The second-order valence-electron chi connectivity index (χ2n) is 10.1. The molecule has 3 aromatic rings. The molecular formula is C27H30O14. The van der Waals surface area contributed by atoms with Crippen LogP contribution in [-0.2, 0) is 9.47 Å². The minimum absolute atomic E-state index is 0.0859. The molecule has 0 amide bonds. The van der Waals surface area contributed by atoms with Crippen molar-refractivity contribution in [1.29, 1.82) is 0 Å². The molecule has 0 aliphatic carbocycles. The summed E-state index contributed by atoms with van der Waals surface area (Å²) < 4.78 is 28.2. The van der Waals surface area contributed by atoms with E-state index in [-0.39, 0.29) is 33.8 Å². The van der Waals surface area contributed by atoms with Crippen LogP contribution in [0.15, 0.2) is 45.6 Å². The summed E-state index contributed by atoms with van der Waals surface area (Å²) in [4.78, 5) is 13.7. The van der Waals surface area contributed by atoms with Crippen molar-refractivity contribution in [2.24, 2.45) is 0 Å². The average Bonchev–Trinajstić information content (AvgIpc) is 2.93. The molecular weight excluding hydrogens is 548 g/mol. The van der Waals surface area contributed by atoms with Crippen molar-refractivity contribution in [2.75, 3.05) is 0 Å². The number of ether oxygens (including phenoxy) is 4. The van der Waals surface area contributed by atoms with E-state index in [1.54, 1.807) is 0 Å². The Kier molecular flexibility index (Phi) is 7.84. The molecule has 0 unspecified atom stereocenters. The number of aromatic hydroxyl groups is 2. The molecule has 1 aromatic heterocycles. The van der Waals surface area contributed by atoms with Crippen molar-refractivity contribution < 1.29 is 64.2 Å². The molecule has 2 aliphatic heterocycles. The maximum absolute atomic E-state index is 13.7. The van der Waals surface area contributed by atoms with E-state index in [0.29, 0.717) is 0 Å². The Hall–Kier alpha value is -3.47. The summed E-state index contributed by atoms with van der Waals surface area (Å²) in [6, 6.07) is 7.71. The van der Waals surface area contributed by atoms with Gasteiger partial charge in [0, 0.05) is 17.7 Å². The number of rotatable bonds is 5. The van der Waals surface area contributed by atoms with E-state index in [2.05, 4.69) is 0 Å². The van der Waals surface area contributed by atoms with Crippen LogP contribution in [0.4, 0.5) is 0 Å². The Morgan fingerprint density at radius 3 is 1.80 bits per heavy atom. The van der Waals surface area contributed by atoms with E-state index in [4.69, 9.17) is 23.4 Å². The number of aliphatic hydroxyl groups excluding tert-OH is 6. The van der Waals surface area contributed by atoms with Gasteiger partial charge in [-0.25, -0.2) is 0 Å². The Labute approximate surface area is 231 Å². The van der Waals surface area contributed by atoms with Gasteiger partial charge in [0.1, 0.15) is 64.8 Å². The summed E-state index contributed by atoms with van der Waals surface area (Å²) >= 11 is 0. The molecule has 8 N–H and O–H groups in total. The lowest BCUT2D eigenvalue weighted by Gasteiger charge is -2.39. The number of hydrogen-bond donors (Lipinski definition) is 8. The number of phenolic OH excluding ortho intramolecular Hbond substituents is 2. The third-order valence-electron chi connectivity index (χ3n) is 7.14. The zero-order valence-electron chi connectivity index (χ0n) is 21.8. The van der Waals surface area contributed by atoms with Gasteiger partial charge in [-0.1, -0.05) is 0 Å². The number of hydrogen-bond acceptors (Lipinski definition) is 14. The molecule has 0 radical (unpaired) electrons. The Morgan fingerprint density at radius 2 is 1.24 bits per heavy atom. The van der Waals surface area contributed by atoms with Gasteiger partial charge in [-0.3, -0.25) is 4.79 Å². The first-order valence-electron chi connectivity index (χ1n) is 12.7. The van der Waals surface area contributed by atoms with Gasteiger partial charge < -0.3 is 64.2 Å². The van der Waals surface area contributed by atoms with Crippen LogP contribution in [0.2, 0.25) is 0 Å². The zero-order valence-corrected chi connectivity index (χ0v) is 21.8. The standard InChI is InChI=1S/C27H30O14/c1-9-17(30)20(33)22(35)26(37-9)39-13-7-14(29)16-15(8-13)40-24(11-3-5-12(28)6-4-11)25(19(16)32)41-27-23(36)21(34)18(31)10(2)38-27/h3-10,17-18,20-23,26-31,33-36H,1-2H3/t9-,10+,17-,18-,20+,21-,22-,23-,26-,27-/m0/s1. The number of benzene rings is 2. The molecule has 5 rings (SSSR count). The quantitative estimate of drug-likeness (QED) is 0.187. The van der Waals surface area contributed by atoms with Crippen LogP contribution in [0.5, 0.6) is 23.0 Å². The zero-order chi connectivity index (χ0) is 29.7. The lowest BCUT2D eigenvalue weighted by molar-refractivity contribution is -0.268. The van der Waals surface area contributed by atoms with E-state index >= 15 is 0 Å². The minimum Gasteiger partial charge on any atom is -0.508 e. The van der Waals surface area contributed by atoms with Crippen LogP contribution in [-0.4, -0.2) is 102 Å². The van der Waals surface area contributed by atoms with Gasteiger partial charge in [0.25, 0.3) is 0 Å². The number of aliphatic hydroxyl groups is 6. The van der Waals surface area contributed by atoms with Gasteiger partial charge in [-0.2, -0.15) is 0 Å². The summed E-state index contributed by atoms with van der Waals surface area (Å²) in [7, 11) is 0. The summed E-state index contributed by atoms with van der Waals surface area (Å²) in [5.41, 5.74) is -0.865. The largest absolute Gasteiger partial charge is 0.508 e. The van der Waals surface area contributed by atoms with Crippen LogP contribution in [0, 0.1) is 0 Å². The van der Waals surface area contributed by atoms with Gasteiger partial charge in [-0.05, 0) is 38.1 Å². The highest BCUT2D eigenvalue weighted by molar-refractivity contribution is 5.88. The van der Waals surface area contributed by atoms with Crippen LogP contribution in [0.25, 0.3) is 22.3 Å². The highest BCUT2D eigenvalue weighted by atomic mass is 16.7. The van der Waals surface area contributed by atoms with Crippen LogP contribution >= 0.6 is 0 Å². The fourth-order valence-electron chi connectivity index (χ4n) is 4.71. The van der Waals surface area contributed by atoms with Crippen molar-refractivity contribution in [3.05, 3.63) is 46.6 Å². The summed E-state index contributed by atoms with van der Waals surface area (Å²) in [6.45, 7) is 2.90. The van der Waals surface area contributed by atoms with E-state index in [1.807, 2.05) is 0 Å². The highest BCUT2D eigenvalue weighted by Gasteiger charge is 2.45. The molecule has 14 nitrogen and oxygen atoms in total. The maximum Gasteiger partial charge on any atom is 0.239 e. The van der Waals surface area contributed by atoms with Crippen molar-refractivity contribution in [3.8, 4) is 34.3 Å². The Morgan fingerprint density at radius 1 is 0.707 bits per heavy atom. The first kappa shape index (κ1) is 29.0. The van der Waals surface area contributed by atoms with Crippen LogP contribution in [0.3, 0.4) is 0 Å². The van der Waals surface area contributed by atoms with Gasteiger partial charge >= 0.3 is 0 Å². The predicted octanol–water partition coefficient (Wildman–Crippen LogP) is -0.716. The molecule has 2 fully saturated rings. The van der Waals surface area contributed by atoms with Gasteiger partial charge in [0.2, 0.25) is 23.8 Å². The fraction of sp³-hybridized carbons (Fsp3) is 0.444. The van der Waals surface area contributed by atoms with E-state index in [1.165, 1.54) is 44.2 Å². The van der Waals surface area contributed by atoms with E-state index in [0.717, 1.165) is 6.07 Å². The minimum atomic E-state index is -1.76. The molecule has 10 atom stereocenters. The molecule has 0 spiro atoms. The fourth-order valence-corrected chi connectivity index (χ4v) is 4.71. The van der Waals surface area contributed by atoms with Crippen molar-refractivity contribution in [3.63, 3.8) is 0 Å². The van der Waals surface area contributed by atoms with Gasteiger partial charge in [-0.15, -0.1) is 0 Å². The predicted molar refractivity (Wildman–Crippen MR) is 137 cm³/mol. The van der Waals surface area contributed by atoms with Crippen LogP contribution < -0.4 is 14.9 Å². The molecule has 0 saturated carbocycles. The third kappa shape index (κ3) is 5.31. The molecule has 2 aromatic carbocycles. The first-order chi connectivity index (χ1) is 19.4. The number of phenols is 2. The van der Waals surface area contributed by atoms with Crippen molar-refractivity contribution in [2.45, 2.75) is 75.3 Å². The van der Waals surface area contributed by atoms with E-state index in [9.17, 15) is 45.6 Å². The summed E-state index contributed by atoms with van der Waals surface area (Å²) in [6.07, 6.45) is -14.3. The summed E-state index contributed by atoms with van der Waals surface area (Å²) in [5, 5.41) is 81.1.